The fourth-order valence-electron chi connectivity index (χ4n) is 4.89. The second kappa shape index (κ2) is 7.96. The Labute approximate surface area is 185 Å². The van der Waals surface area contributed by atoms with Crippen LogP contribution in [-0.2, 0) is 36.8 Å². The molecule has 30 heavy (non-hydrogen) atoms. The summed E-state index contributed by atoms with van der Waals surface area (Å²) in [4.78, 5) is 28.9. The summed E-state index contributed by atoms with van der Waals surface area (Å²) in [7, 11) is 1.81. The van der Waals surface area contributed by atoms with Crippen LogP contribution in [0.2, 0.25) is 0 Å². The van der Waals surface area contributed by atoms with Crippen LogP contribution in [0.1, 0.15) is 54.7 Å². The van der Waals surface area contributed by atoms with Crippen molar-refractivity contribution < 1.29 is 14.3 Å². The number of piperidine rings is 1. The van der Waals surface area contributed by atoms with E-state index in [2.05, 4.69) is 16.5 Å². The van der Waals surface area contributed by atoms with Gasteiger partial charge in [0.25, 0.3) is 11.8 Å². The van der Waals surface area contributed by atoms with Gasteiger partial charge >= 0.3 is 0 Å². The monoisotopic (exact) mass is 451 g/mol. The zero-order chi connectivity index (χ0) is 20.2. The molecule has 0 radical (unpaired) electrons. The maximum Gasteiger partial charge on any atom is 0.269 e. The smallest absolute Gasteiger partial charge is 0.269 e. The molecule has 1 fully saturated rings. The third-order valence-electron chi connectivity index (χ3n) is 6.39. The summed E-state index contributed by atoms with van der Waals surface area (Å²) in [5.74, 6) is -0.536. The maximum atomic E-state index is 13.3. The molecule has 0 aliphatic carbocycles. The maximum absolute atomic E-state index is 13.3. The van der Waals surface area contributed by atoms with E-state index >= 15 is 0 Å². The molecule has 5 rings (SSSR count). The van der Waals surface area contributed by atoms with Crippen LogP contribution < -0.4 is 11.1 Å². The summed E-state index contributed by atoms with van der Waals surface area (Å²) in [6.45, 7) is 3.56. The average Bonchev–Trinajstić information content (AvgIpc) is 3.31. The predicted octanol–water partition coefficient (Wildman–Crippen LogP) is 1.35. The quantitative estimate of drug-likeness (QED) is 0.717. The number of nitrogens with two attached hydrogens (primary N) is 1. The molecule has 8 nitrogen and oxygen atoms in total. The van der Waals surface area contributed by atoms with Crippen molar-refractivity contribution in [3.63, 3.8) is 0 Å². The summed E-state index contributed by atoms with van der Waals surface area (Å²) >= 11 is 1.60. The molecule has 0 atom stereocenters. The second-order valence-electron chi connectivity index (χ2n) is 8.03. The molecule has 5 heterocycles. The lowest BCUT2D eigenvalue weighted by molar-refractivity contribution is -0.0792. The number of rotatable bonds is 2. The van der Waals surface area contributed by atoms with Crippen molar-refractivity contribution in [3.8, 4) is 0 Å². The van der Waals surface area contributed by atoms with Crippen LogP contribution in [0.25, 0.3) is 0 Å². The molecule has 3 aliphatic heterocycles. The van der Waals surface area contributed by atoms with E-state index in [1.54, 1.807) is 16.0 Å². The van der Waals surface area contributed by atoms with Crippen molar-refractivity contribution in [3.05, 3.63) is 38.3 Å². The Morgan fingerprint density at radius 3 is 2.80 bits per heavy atom. The number of amides is 2. The Bertz CT molecular complexity index is 995. The summed E-state index contributed by atoms with van der Waals surface area (Å²) in [6, 6.07) is 2.06. The number of thiophene rings is 1. The minimum atomic E-state index is -0.548. The minimum absolute atomic E-state index is 0. The molecule has 2 aromatic rings. The number of nitrogens with zero attached hydrogens (tertiary/aromatic N) is 3. The van der Waals surface area contributed by atoms with Crippen LogP contribution in [0.5, 0.6) is 0 Å². The SMILES string of the molecule is Cl.Cn1nc(C(N)=O)c2c1CCN(C(=O)c1cc3c(s1)CCOC31CCNCC1)C2. The van der Waals surface area contributed by atoms with Crippen molar-refractivity contribution in [2.45, 2.75) is 37.8 Å². The van der Waals surface area contributed by atoms with Gasteiger partial charge in [0.2, 0.25) is 0 Å². The first-order valence-corrected chi connectivity index (χ1v) is 10.9. The molecule has 0 aromatic carbocycles. The van der Waals surface area contributed by atoms with Gasteiger partial charge < -0.3 is 20.7 Å². The van der Waals surface area contributed by atoms with Crippen molar-refractivity contribution in [1.82, 2.24) is 20.0 Å². The number of primary amides is 1. The van der Waals surface area contributed by atoms with Gasteiger partial charge in [-0.2, -0.15) is 5.10 Å². The molecule has 0 bridgehead atoms. The van der Waals surface area contributed by atoms with E-state index in [0.717, 1.165) is 48.5 Å². The Morgan fingerprint density at radius 2 is 2.07 bits per heavy atom. The highest BCUT2D eigenvalue weighted by Gasteiger charge is 2.41. The second-order valence-corrected chi connectivity index (χ2v) is 9.17. The van der Waals surface area contributed by atoms with E-state index in [1.165, 1.54) is 10.4 Å². The summed E-state index contributed by atoms with van der Waals surface area (Å²) in [5, 5.41) is 7.65. The van der Waals surface area contributed by atoms with Gasteiger partial charge in [0.05, 0.1) is 23.6 Å². The van der Waals surface area contributed by atoms with E-state index in [9.17, 15) is 9.59 Å². The number of aryl methyl sites for hydroxylation is 1. The molecule has 3 N–H and O–H groups in total. The van der Waals surface area contributed by atoms with Crippen molar-refractivity contribution >= 4 is 35.6 Å². The van der Waals surface area contributed by atoms with Crippen LogP contribution in [0.15, 0.2) is 6.07 Å². The third kappa shape index (κ3) is 3.33. The largest absolute Gasteiger partial charge is 0.370 e. The number of halogens is 1. The van der Waals surface area contributed by atoms with Gasteiger partial charge in [-0.1, -0.05) is 0 Å². The van der Waals surface area contributed by atoms with Crippen LogP contribution >= 0.6 is 23.7 Å². The topological polar surface area (TPSA) is 102 Å². The molecular formula is C20H26ClN5O3S. The minimum Gasteiger partial charge on any atom is -0.370 e. The van der Waals surface area contributed by atoms with Gasteiger partial charge in [0.15, 0.2) is 5.69 Å². The van der Waals surface area contributed by atoms with Crippen LogP contribution in [0, 0.1) is 0 Å². The van der Waals surface area contributed by atoms with E-state index in [-0.39, 0.29) is 29.6 Å². The number of nitrogens with one attached hydrogen (secondary N) is 1. The number of ether oxygens (including phenoxy) is 1. The Balaban J connectivity index is 0.00000218. The molecule has 0 saturated carbocycles. The lowest BCUT2D eigenvalue weighted by Gasteiger charge is -2.40. The van der Waals surface area contributed by atoms with Crippen LogP contribution in [0.4, 0.5) is 0 Å². The summed E-state index contributed by atoms with van der Waals surface area (Å²) in [5.41, 5.74) is 8.48. The zero-order valence-corrected chi connectivity index (χ0v) is 18.5. The molecular weight excluding hydrogens is 426 g/mol. The Hall–Kier alpha value is -1.94. The lowest BCUT2D eigenvalue weighted by Crippen LogP contribution is -2.44. The molecule has 10 heteroatoms. The van der Waals surface area contributed by atoms with E-state index in [1.807, 2.05) is 11.9 Å². The first-order valence-electron chi connectivity index (χ1n) is 10.1. The average molecular weight is 452 g/mol. The van der Waals surface area contributed by atoms with E-state index in [4.69, 9.17) is 10.5 Å². The molecule has 1 spiro atoms. The molecule has 0 unspecified atom stereocenters. The van der Waals surface area contributed by atoms with Gasteiger partial charge in [-0.25, -0.2) is 0 Å². The molecule has 162 valence electrons. The lowest BCUT2D eigenvalue weighted by atomic mass is 9.83. The van der Waals surface area contributed by atoms with Gasteiger partial charge in [-0.15, -0.1) is 23.7 Å². The van der Waals surface area contributed by atoms with Gasteiger partial charge in [-0.3, -0.25) is 14.3 Å². The first-order chi connectivity index (χ1) is 14.0. The number of carbonyl (C=O) groups excluding carboxylic acids is 2. The number of hydrogen-bond donors (Lipinski definition) is 2. The fourth-order valence-corrected chi connectivity index (χ4v) is 6.09. The van der Waals surface area contributed by atoms with Gasteiger partial charge in [0, 0.05) is 42.6 Å². The first kappa shape index (κ1) is 21.3. The highest BCUT2D eigenvalue weighted by atomic mass is 35.5. The van der Waals surface area contributed by atoms with Crippen LogP contribution in [0.3, 0.4) is 0 Å². The highest BCUT2D eigenvalue weighted by Crippen LogP contribution is 2.43. The van der Waals surface area contributed by atoms with Crippen molar-refractivity contribution in [2.75, 3.05) is 26.2 Å². The summed E-state index contributed by atoms with van der Waals surface area (Å²) < 4.78 is 7.95. The van der Waals surface area contributed by atoms with Crippen LogP contribution in [-0.4, -0.2) is 52.7 Å². The normalized spacial score (nSPS) is 19.7. The van der Waals surface area contributed by atoms with Gasteiger partial charge in [-0.05, 0) is 37.6 Å². The third-order valence-corrected chi connectivity index (χ3v) is 7.58. The zero-order valence-electron chi connectivity index (χ0n) is 16.9. The number of carbonyl (C=O) groups is 2. The molecule has 2 amide bonds. The fraction of sp³-hybridized carbons (Fsp3) is 0.550. The number of fused-ring (bicyclic) bond motifs is 3. The highest BCUT2D eigenvalue weighted by molar-refractivity contribution is 7.14. The Kier molecular flexibility index (Phi) is 5.65. The number of aromatic nitrogens is 2. The molecule has 3 aliphatic rings. The molecule has 2 aromatic heterocycles. The van der Waals surface area contributed by atoms with E-state index < -0.39 is 5.91 Å². The Morgan fingerprint density at radius 1 is 1.30 bits per heavy atom. The van der Waals surface area contributed by atoms with Crippen molar-refractivity contribution in [1.29, 1.82) is 0 Å². The predicted molar refractivity (Wildman–Crippen MR) is 115 cm³/mol. The van der Waals surface area contributed by atoms with E-state index in [0.29, 0.717) is 26.1 Å². The van der Waals surface area contributed by atoms with Gasteiger partial charge in [0.1, 0.15) is 0 Å². The standard InChI is InChI=1S/C20H25N5O3S.ClH/c1-24-14-2-8-25(11-12(14)17(23-24)18(21)26)19(27)16-10-13-15(29-16)3-9-28-20(13)4-6-22-7-5-20;/h10,22H,2-9,11H2,1H3,(H2,21,26);1H. The number of hydrogen-bond acceptors (Lipinski definition) is 6. The molecule has 1 saturated heterocycles. The summed E-state index contributed by atoms with van der Waals surface area (Å²) in [6.07, 6.45) is 3.41. The van der Waals surface area contributed by atoms with Crippen molar-refractivity contribution in [2.24, 2.45) is 12.8 Å².